The van der Waals surface area contributed by atoms with Gasteiger partial charge in [0.1, 0.15) is 0 Å². The zero-order valence-corrected chi connectivity index (χ0v) is 17.3. The smallest absolute Gasteiger partial charge is 0.226 e. The number of carbonyl (C=O) groups is 1. The Labute approximate surface area is 164 Å². The summed E-state index contributed by atoms with van der Waals surface area (Å²) in [7, 11) is -3.16. The largest absolute Gasteiger partial charge is 0.371 e. The predicted molar refractivity (Wildman–Crippen MR) is 108 cm³/mol. The van der Waals surface area contributed by atoms with E-state index in [4.69, 9.17) is 0 Å². The van der Waals surface area contributed by atoms with Gasteiger partial charge >= 0.3 is 0 Å². The Morgan fingerprint density at radius 3 is 2.48 bits per heavy atom. The molecular formula is C19H25N3O3S2. The monoisotopic (exact) mass is 407 g/mol. The molecule has 0 spiro atoms. The number of sulfone groups is 1. The van der Waals surface area contributed by atoms with Gasteiger partial charge in [0, 0.05) is 30.2 Å². The van der Waals surface area contributed by atoms with Crippen LogP contribution in [0.4, 0.5) is 5.69 Å². The quantitative estimate of drug-likeness (QED) is 0.796. The highest BCUT2D eigenvalue weighted by Crippen LogP contribution is 2.22. The summed E-state index contributed by atoms with van der Waals surface area (Å²) in [5, 5.41) is 6.01. The molecule has 1 amide bonds. The molecule has 2 heterocycles. The summed E-state index contributed by atoms with van der Waals surface area (Å²) in [5.41, 5.74) is 1.85. The number of nitrogens with zero attached hydrogens (tertiary/aromatic N) is 2. The Bertz CT molecular complexity index is 883. The van der Waals surface area contributed by atoms with Crippen molar-refractivity contribution in [3.63, 3.8) is 0 Å². The number of rotatable bonds is 6. The second-order valence-corrected chi connectivity index (χ2v) is 10.1. The second-order valence-electron chi connectivity index (χ2n) is 6.76. The average Bonchev–Trinajstić information content (AvgIpc) is 3.07. The minimum absolute atomic E-state index is 0.0212. The highest BCUT2D eigenvalue weighted by atomic mass is 32.2. The number of aromatic nitrogens is 1. The number of thiazole rings is 1. The zero-order valence-electron chi connectivity index (χ0n) is 15.6. The second kappa shape index (κ2) is 8.39. The van der Waals surface area contributed by atoms with E-state index in [9.17, 15) is 13.2 Å². The van der Waals surface area contributed by atoms with Gasteiger partial charge in [0.25, 0.3) is 0 Å². The van der Waals surface area contributed by atoms with Gasteiger partial charge in [-0.15, -0.1) is 11.3 Å². The van der Waals surface area contributed by atoms with Gasteiger partial charge in [-0.1, -0.05) is 6.92 Å². The summed E-state index contributed by atoms with van der Waals surface area (Å²) in [6.45, 7) is 5.26. The molecule has 0 saturated carbocycles. The highest BCUT2D eigenvalue weighted by Gasteiger charge is 2.21. The van der Waals surface area contributed by atoms with E-state index in [-0.39, 0.29) is 17.7 Å². The summed E-state index contributed by atoms with van der Waals surface area (Å²) in [4.78, 5) is 19.1. The van der Waals surface area contributed by atoms with Gasteiger partial charge in [-0.2, -0.15) is 0 Å². The fraction of sp³-hybridized carbons (Fsp3) is 0.474. The normalized spacial score (nSPS) is 15.7. The fourth-order valence-electron chi connectivity index (χ4n) is 3.25. The maximum absolute atomic E-state index is 12.2. The van der Waals surface area contributed by atoms with Crippen LogP contribution in [0.25, 0.3) is 0 Å². The van der Waals surface area contributed by atoms with Crippen molar-refractivity contribution in [2.24, 2.45) is 0 Å². The number of anilines is 1. The first-order valence-corrected chi connectivity index (χ1v) is 11.7. The lowest BCUT2D eigenvalue weighted by atomic mass is 10.0. The molecule has 0 unspecified atom stereocenters. The van der Waals surface area contributed by atoms with Gasteiger partial charge in [0.2, 0.25) is 5.91 Å². The molecule has 1 fully saturated rings. The van der Waals surface area contributed by atoms with Crippen LogP contribution in [-0.2, 0) is 21.1 Å². The molecule has 146 valence electrons. The number of benzene rings is 1. The van der Waals surface area contributed by atoms with Gasteiger partial charge in [0.05, 0.1) is 27.8 Å². The first kappa shape index (κ1) is 19.8. The van der Waals surface area contributed by atoms with E-state index >= 15 is 0 Å². The van der Waals surface area contributed by atoms with Gasteiger partial charge in [0.15, 0.2) is 9.84 Å². The number of piperidine rings is 1. The van der Waals surface area contributed by atoms with Crippen molar-refractivity contribution < 1.29 is 13.2 Å². The molecule has 0 atom stereocenters. The minimum atomic E-state index is -3.16. The first-order chi connectivity index (χ1) is 12.9. The molecule has 1 aromatic heterocycles. The Kier molecular flexibility index (Phi) is 6.16. The lowest BCUT2D eigenvalue weighted by Crippen LogP contribution is -2.45. The number of hydrogen-bond acceptors (Lipinski definition) is 6. The molecule has 3 rings (SSSR count). The van der Waals surface area contributed by atoms with E-state index in [1.165, 1.54) is 0 Å². The Balaban J connectivity index is 1.50. The van der Waals surface area contributed by atoms with Crippen LogP contribution in [0.2, 0.25) is 0 Å². The average molecular weight is 408 g/mol. The van der Waals surface area contributed by atoms with Crippen molar-refractivity contribution in [3.8, 4) is 0 Å². The SMILES string of the molecule is CCS(=O)(=O)c1ccc(N2CCC(NC(=O)Cc3csc(C)n3)CC2)cc1. The molecule has 1 aliphatic rings. The molecule has 1 aromatic carbocycles. The number of hydrogen-bond donors (Lipinski definition) is 1. The van der Waals surface area contributed by atoms with E-state index in [0.717, 1.165) is 42.3 Å². The van der Waals surface area contributed by atoms with Crippen molar-refractivity contribution in [3.05, 3.63) is 40.3 Å². The van der Waals surface area contributed by atoms with E-state index < -0.39 is 9.84 Å². The molecule has 0 bridgehead atoms. The van der Waals surface area contributed by atoms with Crippen molar-refractivity contribution >= 4 is 32.8 Å². The molecule has 1 aliphatic heterocycles. The van der Waals surface area contributed by atoms with Gasteiger partial charge in [-0.05, 0) is 44.0 Å². The number of nitrogens with one attached hydrogen (secondary N) is 1. The zero-order chi connectivity index (χ0) is 19.4. The molecule has 8 heteroatoms. The van der Waals surface area contributed by atoms with Crippen LogP contribution in [-0.4, -0.2) is 44.2 Å². The fourth-order valence-corrected chi connectivity index (χ4v) is 4.74. The van der Waals surface area contributed by atoms with Gasteiger partial charge in [-0.3, -0.25) is 4.79 Å². The van der Waals surface area contributed by atoms with Gasteiger partial charge in [-0.25, -0.2) is 13.4 Å². The van der Waals surface area contributed by atoms with Crippen LogP contribution in [0.3, 0.4) is 0 Å². The molecule has 6 nitrogen and oxygen atoms in total. The molecule has 1 saturated heterocycles. The Morgan fingerprint density at radius 1 is 1.26 bits per heavy atom. The van der Waals surface area contributed by atoms with Crippen molar-refractivity contribution in [2.45, 2.75) is 44.0 Å². The van der Waals surface area contributed by atoms with Crippen LogP contribution < -0.4 is 10.2 Å². The minimum Gasteiger partial charge on any atom is -0.371 e. The van der Waals surface area contributed by atoms with E-state index in [1.807, 2.05) is 24.4 Å². The summed E-state index contributed by atoms with van der Waals surface area (Å²) < 4.78 is 23.8. The summed E-state index contributed by atoms with van der Waals surface area (Å²) in [5.74, 6) is 0.130. The van der Waals surface area contributed by atoms with Crippen LogP contribution >= 0.6 is 11.3 Å². The molecule has 1 N–H and O–H groups in total. The number of amides is 1. The van der Waals surface area contributed by atoms with Crippen LogP contribution in [0.5, 0.6) is 0 Å². The van der Waals surface area contributed by atoms with Crippen LogP contribution in [0.1, 0.15) is 30.5 Å². The molecule has 0 aliphatic carbocycles. The summed E-state index contributed by atoms with van der Waals surface area (Å²) in [6.07, 6.45) is 2.08. The molecule has 0 radical (unpaired) electrons. The van der Waals surface area contributed by atoms with E-state index in [0.29, 0.717) is 11.3 Å². The van der Waals surface area contributed by atoms with Crippen LogP contribution in [0.15, 0.2) is 34.5 Å². The maximum Gasteiger partial charge on any atom is 0.226 e. The standard InChI is InChI=1S/C19H25N3O3S2/c1-3-27(24,25)18-6-4-17(5-7-18)22-10-8-15(9-11-22)21-19(23)12-16-13-26-14(2)20-16/h4-7,13,15H,3,8-12H2,1-2H3,(H,21,23). The van der Waals surface area contributed by atoms with Crippen molar-refractivity contribution in [1.82, 2.24) is 10.3 Å². The summed E-state index contributed by atoms with van der Waals surface area (Å²) >= 11 is 1.56. The van der Waals surface area contributed by atoms with Crippen LogP contribution in [0, 0.1) is 6.92 Å². The highest BCUT2D eigenvalue weighted by molar-refractivity contribution is 7.91. The Morgan fingerprint density at radius 2 is 1.93 bits per heavy atom. The first-order valence-electron chi connectivity index (χ1n) is 9.15. The van der Waals surface area contributed by atoms with E-state index in [2.05, 4.69) is 15.2 Å². The topological polar surface area (TPSA) is 79.4 Å². The third-order valence-electron chi connectivity index (χ3n) is 4.81. The van der Waals surface area contributed by atoms with Crippen molar-refractivity contribution in [1.29, 1.82) is 0 Å². The Hall–Kier alpha value is -1.93. The number of carbonyl (C=O) groups excluding carboxylic acids is 1. The maximum atomic E-state index is 12.2. The lowest BCUT2D eigenvalue weighted by molar-refractivity contribution is -0.121. The van der Waals surface area contributed by atoms with Gasteiger partial charge < -0.3 is 10.2 Å². The lowest BCUT2D eigenvalue weighted by Gasteiger charge is -2.34. The molecular weight excluding hydrogens is 382 g/mol. The number of aryl methyl sites for hydroxylation is 1. The van der Waals surface area contributed by atoms with E-state index in [1.54, 1.807) is 30.4 Å². The molecule has 27 heavy (non-hydrogen) atoms. The summed E-state index contributed by atoms with van der Waals surface area (Å²) in [6, 6.07) is 7.27. The predicted octanol–water partition coefficient (Wildman–Crippen LogP) is 2.57. The van der Waals surface area contributed by atoms with Crippen molar-refractivity contribution in [2.75, 3.05) is 23.7 Å². The molecule has 2 aromatic rings. The third kappa shape index (κ3) is 5.07. The third-order valence-corrected chi connectivity index (χ3v) is 7.38.